The molecule has 9 heteroatoms. The van der Waals surface area contributed by atoms with Crippen molar-refractivity contribution in [1.82, 2.24) is 0 Å². The zero-order chi connectivity index (χ0) is 21.6. The van der Waals surface area contributed by atoms with E-state index in [0.29, 0.717) is 10.9 Å². The highest BCUT2D eigenvalue weighted by Gasteiger charge is 2.34. The normalized spacial score (nSPS) is 16.5. The summed E-state index contributed by atoms with van der Waals surface area (Å²) in [6.45, 7) is 1.27. The number of carbonyl (C=O) groups is 1. The summed E-state index contributed by atoms with van der Waals surface area (Å²) in [5.74, 6) is -0.223. The first-order chi connectivity index (χ1) is 13.0. The Morgan fingerprint density at radius 2 is 1.57 bits per heavy atom. The van der Waals surface area contributed by atoms with Crippen LogP contribution in [0.25, 0.3) is 0 Å². The van der Waals surface area contributed by atoms with Gasteiger partial charge in [0.1, 0.15) is 12.6 Å². The summed E-state index contributed by atoms with van der Waals surface area (Å²) >= 11 is 0. The zero-order valence-corrected chi connectivity index (χ0v) is 18.9. The van der Waals surface area contributed by atoms with Gasteiger partial charge >= 0.3 is 7.82 Å². The van der Waals surface area contributed by atoms with Gasteiger partial charge in [0.25, 0.3) is 0 Å². The molecule has 0 aromatic heterocycles. The van der Waals surface area contributed by atoms with Gasteiger partial charge in [0.05, 0.1) is 34.4 Å². The first kappa shape index (κ1) is 27.7. The molecular formula is C19H41NO7P+. The number of ketones is 1. The first-order valence-electron chi connectivity index (χ1n) is 10.3. The lowest BCUT2D eigenvalue weighted by Crippen LogP contribution is -2.45. The second-order valence-electron chi connectivity index (χ2n) is 8.36. The van der Waals surface area contributed by atoms with E-state index in [-0.39, 0.29) is 12.3 Å². The van der Waals surface area contributed by atoms with E-state index in [2.05, 4.69) is 11.4 Å². The number of Topliss-reactive ketones (excluding diaryl/α,β-unsaturated/α-hetero) is 1. The zero-order valence-electron chi connectivity index (χ0n) is 18.0. The minimum Gasteiger partial charge on any atom is -0.394 e. The standard InChI is InChI=1S/C19H40NO7P/c1-5-6-7-8-9-10-11-12-13-18(23)19(14-20(2,3)4)27-28(24,25)26-16-17(22)15-21/h17,19,21-22H,5-16H2,1-4H3/p+1. The number of phosphoric acid groups is 1. The molecule has 0 saturated carbocycles. The van der Waals surface area contributed by atoms with Gasteiger partial charge in [-0.1, -0.05) is 51.9 Å². The number of hydrogen-bond donors (Lipinski definition) is 3. The van der Waals surface area contributed by atoms with Gasteiger partial charge < -0.3 is 19.6 Å². The number of nitrogens with zero attached hydrogens (tertiary/aromatic N) is 1. The number of aliphatic hydroxyl groups is 2. The van der Waals surface area contributed by atoms with Crippen molar-refractivity contribution in [3.05, 3.63) is 0 Å². The van der Waals surface area contributed by atoms with Crippen molar-refractivity contribution >= 4 is 13.6 Å². The average molecular weight is 427 g/mol. The quantitative estimate of drug-likeness (QED) is 0.175. The Balaban J connectivity index is 4.49. The Hall–Kier alpha value is -0.340. The van der Waals surface area contributed by atoms with Crippen LogP contribution in [0, 0.1) is 0 Å². The molecule has 28 heavy (non-hydrogen) atoms. The number of phosphoric ester groups is 1. The van der Waals surface area contributed by atoms with Crippen molar-refractivity contribution in [2.24, 2.45) is 0 Å². The fraction of sp³-hybridized carbons (Fsp3) is 0.947. The third-order valence-electron chi connectivity index (χ3n) is 4.25. The summed E-state index contributed by atoms with van der Waals surface area (Å²) < 4.78 is 22.3. The predicted molar refractivity (Wildman–Crippen MR) is 109 cm³/mol. The number of carbonyl (C=O) groups excluding carboxylic acids is 1. The molecule has 0 aliphatic carbocycles. The van der Waals surface area contributed by atoms with Gasteiger partial charge in [0.15, 0.2) is 11.9 Å². The third kappa shape index (κ3) is 15.6. The van der Waals surface area contributed by atoms with Gasteiger partial charge in [-0.05, 0) is 6.42 Å². The minimum absolute atomic E-state index is 0.223. The Morgan fingerprint density at radius 3 is 2.07 bits per heavy atom. The summed E-state index contributed by atoms with van der Waals surface area (Å²) in [4.78, 5) is 22.4. The number of rotatable bonds is 18. The maximum absolute atomic E-state index is 12.6. The molecule has 0 aliphatic rings. The molecular weight excluding hydrogens is 385 g/mol. The average Bonchev–Trinajstić information content (AvgIpc) is 2.59. The molecule has 0 aromatic carbocycles. The Labute approximate surface area is 170 Å². The van der Waals surface area contributed by atoms with E-state index in [4.69, 9.17) is 9.63 Å². The lowest BCUT2D eigenvalue weighted by atomic mass is 10.0. The molecule has 0 bridgehead atoms. The summed E-state index contributed by atoms with van der Waals surface area (Å²) in [6.07, 6.45) is 6.83. The highest BCUT2D eigenvalue weighted by Crippen LogP contribution is 2.45. The van der Waals surface area contributed by atoms with E-state index < -0.39 is 33.2 Å². The molecule has 0 spiro atoms. The van der Waals surface area contributed by atoms with E-state index in [0.717, 1.165) is 19.3 Å². The summed E-state index contributed by atoms with van der Waals surface area (Å²) in [5.41, 5.74) is 0. The number of unbranched alkanes of at least 4 members (excludes halogenated alkanes) is 7. The molecule has 0 amide bonds. The molecule has 0 aromatic rings. The monoisotopic (exact) mass is 426 g/mol. The summed E-state index contributed by atoms with van der Waals surface area (Å²) in [6, 6.07) is 0. The fourth-order valence-corrected chi connectivity index (χ4v) is 3.64. The Kier molecular flexibility index (Phi) is 14.4. The van der Waals surface area contributed by atoms with Crippen molar-refractivity contribution < 1.29 is 38.0 Å². The van der Waals surface area contributed by atoms with Gasteiger partial charge in [-0.2, -0.15) is 0 Å². The van der Waals surface area contributed by atoms with Crippen LogP contribution in [-0.2, 0) is 18.4 Å². The summed E-state index contributed by atoms with van der Waals surface area (Å²) in [5, 5.41) is 18.0. The molecule has 3 unspecified atom stereocenters. The number of quaternary nitrogens is 1. The van der Waals surface area contributed by atoms with E-state index in [1.807, 2.05) is 21.1 Å². The van der Waals surface area contributed by atoms with Crippen LogP contribution in [0.3, 0.4) is 0 Å². The van der Waals surface area contributed by atoms with Crippen LogP contribution < -0.4 is 0 Å². The molecule has 8 nitrogen and oxygen atoms in total. The maximum Gasteiger partial charge on any atom is 0.473 e. The number of hydrogen-bond acceptors (Lipinski definition) is 6. The van der Waals surface area contributed by atoms with E-state index >= 15 is 0 Å². The van der Waals surface area contributed by atoms with Crippen LogP contribution >= 0.6 is 7.82 Å². The third-order valence-corrected chi connectivity index (χ3v) is 5.25. The molecule has 0 aliphatic heterocycles. The molecule has 3 N–H and O–H groups in total. The van der Waals surface area contributed by atoms with Gasteiger partial charge in [-0.3, -0.25) is 13.8 Å². The number of aliphatic hydroxyl groups excluding tert-OH is 2. The molecule has 0 radical (unpaired) electrons. The van der Waals surface area contributed by atoms with Crippen LogP contribution in [-0.4, -0.2) is 78.5 Å². The smallest absolute Gasteiger partial charge is 0.394 e. The maximum atomic E-state index is 12.6. The SMILES string of the molecule is CCCCCCCCCCC(=O)C(C[N+](C)(C)C)OP(=O)(O)OCC(O)CO. The minimum atomic E-state index is -4.52. The van der Waals surface area contributed by atoms with Crippen LogP contribution in [0.15, 0.2) is 0 Å². The molecule has 0 rings (SSSR count). The van der Waals surface area contributed by atoms with E-state index in [9.17, 15) is 19.4 Å². The highest BCUT2D eigenvalue weighted by molar-refractivity contribution is 7.47. The van der Waals surface area contributed by atoms with Crippen molar-refractivity contribution in [3.8, 4) is 0 Å². The van der Waals surface area contributed by atoms with Crippen LogP contribution in [0.4, 0.5) is 0 Å². The topological polar surface area (TPSA) is 113 Å². The largest absolute Gasteiger partial charge is 0.473 e. The predicted octanol–water partition coefficient (Wildman–Crippen LogP) is 2.65. The second kappa shape index (κ2) is 14.6. The Bertz CT molecular complexity index is 468. The van der Waals surface area contributed by atoms with Crippen molar-refractivity contribution in [2.75, 3.05) is 40.9 Å². The lowest BCUT2D eigenvalue weighted by Gasteiger charge is -2.29. The summed E-state index contributed by atoms with van der Waals surface area (Å²) in [7, 11) is 1.06. The first-order valence-corrected chi connectivity index (χ1v) is 11.8. The van der Waals surface area contributed by atoms with Gasteiger partial charge in [0.2, 0.25) is 0 Å². The molecule has 0 heterocycles. The number of likely N-dealkylation sites (N-methyl/N-ethyl adjacent to an activating group) is 1. The molecule has 0 saturated heterocycles. The van der Waals surface area contributed by atoms with Crippen LogP contribution in [0.1, 0.15) is 64.7 Å². The highest BCUT2D eigenvalue weighted by atomic mass is 31.2. The fourth-order valence-electron chi connectivity index (χ4n) is 2.71. The molecule has 0 fully saturated rings. The van der Waals surface area contributed by atoms with Crippen LogP contribution in [0.5, 0.6) is 0 Å². The Morgan fingerprint density at radius 1 is 1.04 bits per heavy atom. The van der Waals surface area contributed by atoms with Crippen molar-refractivity contribution in [2.45, 2.75) is 76.9 Å². The van der Waals surface area contributed by atoms with Crippen molar-refractivity contribution in [3.63, 3.8) is 0 Å². The van der Waals surface area contributed by atoms with E-state index in [1.54, 1.807) is 0 Å². The van der Waals surface area contributed by atoms with Crippen LogP contribution in [0.2, 0.25) is 0 Å². The van der Waals surface area contributed by atoms with Gasteiger partial charge in [-0.15, -0.1) is 0 Å². The molecule has 168 valence electrons. The lowest BCUT2D eigenvalue weighted by molar-refractivity contribution is -0.872. The van der Waals surface area contributed by atoms with E-state index in [1.165, 1.54) is 32.1 Å². The van der Waals surface area contributed by atoms with Gasteiger partial charge in [0, 0.05) is 6.42 Å². The second-order valence-corrected chi connectivity index (χ2v) is 9.76. The molecule has 3 atom stereocenters. The van der Waals surface area contributed by atoms with Crippen molar-refractivity contribution in [1.29, 1.82) is 0 Å². The van der Waals surface area contributed by atoms with Gasteiger partial charge in [-0.25, -0.2) is 4.57 Å².